The van der Waals surface area contributed by atoms with Gasteiger partial charge in [-0.1, -0.05) is 78.9 Å². The van der Waals surface area contributed by atoms with Gasteiger partial charge in [0.1, 0.15) is 5.60 Å². The van der Waals surface area contributed by atoms with E-state index in [0.29, 0.717) is 24.3 Å². The lowest BCUT2D eigenvalue weighted by Crippen LogP contribution is -2.28. The second-order valence-corrected chi connectivity index (χ2v) is 12.5. The van der Waals surface area contributed by atoms with Crippen molar-refractivity contribution in [3.8, 4) is 0 Å². The van der Waals surface area contributed by atoms with Crippen LogP contribution in [0.4, 0.5) is 16.2 Å². The fourth-order valence-electron chi connectivity index (χ4n) is 4.30. The molecule has 0 saturated heterocycles. The number of rotatable bonds is 10. The highest BCUT2D eigenvalue weighted by Gasteiger charge is 2.27. The Morgan fingerprint density at radius 3 is 2.07 bits per heavy atom. The van der Waals surface area contributed by atoms with Gasteiger partial charge in [0.2, 0.25) is 0 Å². The molecule has 0 saturated carbocycles. The van der Waals surface area contributed by atoms with E-state index in [1.807, 2.05) is 87.5 Å². The lowest BCUT2D eigenvalue weighted by atomic mass is 9.91. The van der Waals surface area contributed by atoms with Crippen LogP contribution >= 0.6 is 0 Å². The zero-order chi connectivity index (χ0) is 30.2. The van der Waals surface area contributed by atoms with Gasteiger partial charge in [0.05, 0.1) is 10.8 Å². The van der Waals surface area contributed by atoms with E-state index in [1.54, 1.807) is 30.3 Å². The van der Waals surface area contributed by atoms with Gasteiger partial charge in [-0.3, -0.25) is 9.52 Å². The summed E-state index contributed by atoms with van der Waals surface area (Å²) in [6, 6.07) is 31.3. The Bertz CT molecular complexity index is 1620. The van der Waals surface area contributed by atoms with Crippen molar-refractivity contribution in [3.05, 3.63) is 126 Å². The minimum atomic E-state index is -3.98. The molecule has 0 heterocycles. The number of urea groups is 1. The number of esters is 1. The third kappa shape index (κ3) is 8.94. The molecule has 218 valence electrons. The molecule has 0 aromatic heterocycles. The standard InChI is InChI=1S/C33H35N3O5S/c1-33(2,3)41-31(37)30(26-15-8-5-9-16-26)21-25-14-10-18-28(20-25)36-42(39,40)29-19-11-17-27(22-29)35-32(38)34-23-24-12-6-4-7-13-24/h4-20,22,30,36H,21,23H2,1-3H3,(H2,34,35,38). The Balaban J connectivity index is 1.46. The van der Waals surface area contributed by atoms with Crippen LogP contribution in [0.3, 0.4) is 0 Å². The minimum absolute atomic E-state index is 0.00956. The van der Waals surface area contributed by atoms with Crippen LogP contribution in [-0.4, -0.2) is 26.0 Å². The fourth-order valence-corrected chi connectivity index (χ4v) is 5.40. The van der Waals surface area contributed by atoms with Crippen molar-refractivity contribution in [1.29, 1.82) is 0 Å². The second kappa shape index (κ2) is 13.4. The summed E-state index contributed by atoms with van der Waals surface area (Å²) < 4.78 is 34.8. The van der Waals surface area contributed by atoms with E-state index in [9.17, 15) is 18.0 Å². The van der Waals surface area contributed by atoms with Crippen LogP contribution < -0.4 is 15.4 Å². The number of hydrogen-bond donors (Lipinski definition) is 3. The lowest BCUT2D eigenvalue weighted by Gasteiger charge is -2.24. The number of nitrogens with one attached hydrogen (secondary N) is 3. The Kier molecular flexibility index (Phi) is 9.64. The zero-order valence-corrected chi connectivity index (χ0v) is 24.6. The molecule has 42 heavy (non-hydrogen) atoms. The molecule has 4 rings (SSSR count). The van der Waals surface area contributed by atoms with Crippen molar-refractivity contribution < 1.29 is 22.7 Å². The van der Waals surface area contributed by atoms with E-state index in [1.165, 1.54) is 12.1 Å². The number of sulfonamides is 1. The maximum Gasteiger partial charge on any atom is 0.319 e. The highest BCUT2D eigenvalue weighted by Crippen LogP contribution is 2.27. The number of amides is 2. The molecule has 3 N–H and O–H groups in total. The third-order valence-corrected chi connectivity index (χ3v) is 7.59. The highest BCUT2D eigenvalue weighted by molar-refractivity contribution is 7.92. The summed E-state index contributed by atoms with van der Waals surface area (Å²) in [7, 11) is -3.98. The SMILES string of the molecule is CC(C)(C)OC(=O)C(Cc1cccc(NS(=O)(=O)c2cccc(NC(=O)NCc3ccccc3)c2)c1)c1ccccc1. The molecule has 4 aromatic rings. The van der Waals surface area contributed by atoms with Crippen LogP contribution in [0.5, 0.6) is 0 Å². The highest BCUT2D eigenvalue weighted by atomic mass is 32.2. The summed E-state index contributed by atoms with van der Waals surface area (Å²) in [6.07, 6.45) is 0.325. The minimum Gasteiger partial charge on any atom is -0.459 e. The molecule has 9 heteroatoms. The Morgan fingerprint density at radius 2 is 1.38 bits per heavy atom. The van der Waals surface area contributed by atoms with Crippen molar-refractivity contribution in [3.63, 3.8) is 0 Å². The Hall–Kier alpha value is -4.63. The number of benzene rings is 4. The van der Waals surface area contributed by atoms with Crippen LogP contribution in [0.25, 0.3) is 0 Å². The Morgan fingerprint density at radius 1 is 0.762 bits per heavy atom. The maximum absolute atomic E-state index is 13.3. The fraction of sp³-hybridized carbons (Fsp3) is 0.212. The lowest BCUT2D eigenvalue weighted by molar-refractivity contribution is -0.156. The molecule has 1 atom stereocenters. The van der Waals surface area contributed by atoms with Gasteiger partial charge < -0.3 is 15.4 Å². The summed E-state index contributed by atoms with van der Waals surface area (Å²) in [5.74, 6) is -0.912. The molecular weight excluding hydrogens is 550 g/mol. The van der Waals surface area contributed by atoms with Gasteiger partial charge in [0.25, 0.3) is 10.0 Å². The summed E-state index contributed by atoms with van der Waals surface area (Å²) in [5, 5.41) is 5.43. The molecule has 8 nitrogen and oxygen atoms in total. The Labute approximate surface area is 247 Å². The molecule has 1 unspecified atom stereocenters. The molecule has 4 aromatic carbocycles. The van der Waals surface area contributed by atoms with Gasteiger partial charge in [-0.05, 0) is 74.2 Å². The van der Waals surface area contributed by atoms with E-state index in [4.69, 9.17) is 4.74 Å². The topological polar surface area (TPSA) is 114 Å². The predicted octanol–water partition coefficient (Wildman–Crippen LogP) is 6.48. The maximum atomic E-state index is 13.3. The van der Waals surface area contributed by atoms with Gasteiger partial charge in [-0.15, -0.1) is 0 Å². The number of carbonyl (C=O) groups excluding carboxylic acids is 2. The predicted molar refractivity (Wildman–Crippen MR) is 165 cm³/mol. The quantitative estimate of drug-likeness (QED) is 0.185. The summed E-state index contributed by atoms with van der Waals surface area (Å²) in [4.78, 5) is 25.5. The second-order valence-electron chi connectivity index (χ2n) is 10.8. The van der Waals surface area contributed by atoms with E-state index in [-0.39, 0.29) is 10.9 Å². The van der Waals surface area contributed by atoms with Crippen molar-refractivity contribution in [2.75, 3.05) is 10.0 Å². The smallest absolute Gasteiger partial charge is 0.319 e. The van der Waals surface area contributed by atoms with Gasteiger partial charge in [-0.25, -0.2) is 13.2 Å². The first-order valence-corrected chi connectivity index (χ1v) is 15.1. The molecule has 0 bridgehead atoms. The van der Waals surface area contributed by atoms with E-state index >= 15 is 0 Å². The van der Waals surface area contributed by atoms with Gasteiger partial charge in [0, 0.05) is 17.9 Å². The molecule has 0 aliphatic heterocycles. The van der Waals surface area contributed by atoms with E-state index in [2.05, 4.69) is 15.4 Å². The first kappa shape index (κ1) is 30.3. The molecule has 2 amide bonds. The van der Waals surface area contributed by atoms with Crippen molar-refractivity contribution in [2.24, 2.45) is 0 Å². The average Bonchev–Trinajstić information content (AvgIpc) is 2.95. The normalized spacial score (nSPS) is 12.2. The largest absolute Gasteiger partial charge is 0.459 e. The summed E-state index contributed by atoms with van der Waals surface area (Å²) in [6.45, 7) is 5.81. The van der Waals surface area contributed by atoms with E-state index in [0.717, 1.165) is 16.7 Å². The molecule has 0 radical (unpaired) electrons. The molecule has 0 aliphatic rings. The van der Waals surface area contributed by atoms with Crippen molar-refractivity contribution >= 4 is 33.4 Å². The van der Waals surface area contributed by atoms with Crippen LogP contribution in [0.2, 0.25) is 0 Å². The zero-order valence-electron chi connectivity index (χ0n) is 23.8. The first-order chi connectivity index (χ1) is 20.0. The molecule has 0 fully saturated rings. The summed E-state index contributed by atoms with van der Waals surface area (Å²) in [5.41, 5.74) is 2.56. The van der Waals surface area contributed by atoms with Crippen LogP contribution in [0.15, 0.2) is 114 Å². The molecule has 0 spiro atoms. The van der Waals surface area contributed by atoms with Gasteiger partial charge in [-0.2, -0.15) is 0 Å². The van der Waals surface area contributed by atoms with Crippen LogP contribution in [0.1, 0.15) is 43.4 Å². The van der Waals surface area contributed by atoms with Crippen LogP contribution in [-0.2, 0) is 32.5 Å². The van der Waals surface area contributed by atoms with Gasteiger partial charge in [0.15, 0.2) is 0 Å². The number of anilines is 2. The van der Waals surface area contributed by atoms with Crippen molar-refractivity contribution in [2.45, 2.75) is 50.2 Å². The molecule has 0 aliphatic carbocycles. The van der Waals surface area contributed by atoms with Crippen LogP contribution in [0, 0.1) is 0 Å². The molecular formula is C33H35N3O5S. The number of hydrogen-bond acceptors (Lipinski definition) is 5. The monoisotopic (exact) mass is 585 g/mol. The summed E-state index contributed by atoms with van der Waals surface area (Å²) >= 11 is 0. The van der Waals surface area contributed by atoms with E-state index < -0.39 is 27.6 Å². The first-order valence-electron chi connectivity index (χ1n) is 13.6. The average molecular weight is 586 g/mol. The number of carbonyl (C=O) groups is 2. The van der Waals surface area contributed by atoms with Crippen molar-refractivity contribution in [1.82, 2.24) is 5.32 Å². The number of ether oxygens (including phenoxy) is 1. The third-order valence-electron chi connectivity index (χ3n) is 6.21. The van der Waals surface area contributed by atoms with Gasteiger partial charge >= 0.3 is 12.0 Å².